The van der Waals surface area contributed by atoms with Crippen LogP contribution in [0.25, 0.3) is 0 Å². The third-order valence-corrected chi connectivity index (χ3v) is 3.21. The molecule has 0 spiro atoms. The van der Waals surface area contributed by atoms with Crippen molar-refractivity contribution in [1.29, 1.82) is 0 Å². The highest BCUT2D eigenvalue weighted by Crippen LogP contribution is 2.32. The van der Waals surface area contributed by atoms with Crippen LogP contribution in [0.4, 0.5) is 11.4 Å². The molecule has 1 aliphatic heterocycles. The summed E-state index contributed by atoms with van der Waals surface area (Å²) >= 11 is 0. The van der Waals surface area contributed by atoms with Crippen molar-refractivity contribution in [2.24, 2.45) is 5.73 Å². The van der Waals surface area contributed by atoms with Gasteiger partial charge in [0.1, 0.15) is 6.04 Å². The monoisotopic (exact) mass is 219 g/mol. The lowest BCUT2D eigenvalue weighted by Gasteiger charge is -2.26. The Labute approximate surface area is 95.6 Å². The van der Waals surface area contributed by atoms with Crippen molar-refractivity contribution in [2.45, 2.75) is 12.5 Å². The Bertz CT molecular complexity index is 405. The number of carbonyl (C=O) groups is 1. The van der Waals surface area contributed by atoms with E-state index in [1.165, 1.54) is 0 Å². The van der Waals surface area contributed by atoms with Crippen LogP contribution >= 0.6 is 0 Å². The number of nitrogens with two attached hydrogens (primary N) is 1. The van der Waals surface area contributed by atoms with Gasteiger partial charge in [-0.05, 0) is 18.6 Å². The van der Waals surface area contributed by atoms with E-state index in [4.69, 9.17) is 5.73 Å². The van der Waals surface area contributed by atoms with Crippen LogP contribution in [0.2, 0.25) is 0 Å². The number of anilines is 2. The molecule has 1 aliphatic rings. The number of primary amides is 1. The standard InChI is InChI=1S/C12H17N3O/c1-14-8-7-11(12(13)16)15(2)10-6-4-3-5-9(10)14/h3-6,11H,7-8H2,1-2H3,(H2,13,16). The first-order valence-electron chi connectivity index (χ1n) is 5.43. The van der Waals surface area contributed by atoms with Crippen molar-refractivity contribution in [1.82, 2.24) is 0 Å². The van der Waals surface area contributed by atoms with E-state index in [0.29, 0.717) is 0 Å². The summed E-state index contributed by atoms with van der Waals surface area (Å²) < 4.78 is 0. The van der Waals surface area contributed by atoms with Gasteiger partial charge in [-0.25, -0.2) is 0 Å². The van der Waals surface area contributed by atoms with Gasteiger partial charge >= 0.3 is 0 Å². The Hall–Kier alpha value is -1.71. The van der Waals surface area contributed by atoms with Crippen LogP contribution in [-0.2, 0) is 4.79 Å². The summed E-state index contributed by atoms with van der Waals surface area (Å²) in [5.41, 5.74) is 7.64. The van der Waals surface area contributed by atoms with E-state index in [1.807, 2.05) is 37.2 Å². The van der Waals surface area contributed by atoms with Gasteiger partial charge in [0.2, 0.25) is 5.91 Å². The van der Waals surface area contributed by atoms with E-state index >= 15 is 0 Å². The Morgan fingerprint density at radius 3 is 2.56 bits per heavy atom. The zero-order valence-electron chi connectivity index (χ0n) is 9.68. The maximum Gasteiger partial charge on any atom is 0.240 e. The fourth-order valence-electron chi connectivity index (χ4n) is 2.22. The molecule has 0 saturated carbocycles. The van der Waals surface area contributed by atoms with Gasteiger partial charge < -0.3 is 15.5 Å². The molecule has 0 fully saturated rings. The lowest BCUT2D eigenvalue weighted by atomic mass is 10.1. The first-order chi connectivity index (χ1) is 7.61. The Morgan fingerprint density at radius 2 is 1.94 bits per heavy atom. The van der Waals surface area contributed by atoms with Crippen molar-refractivity contribution in [3.05, 3.63) is 24.3 Å². The summed E-state index contributed by atoms with van der Waals surface area (Å²) in [5.74, 6) is -0.257. The second-order valence-electron chi connectivity index (χ2n) is 4.23. The average Bonchev–Trinajstić information content (AvgIpc) is 2.39. The summed E-state index contributed by atoms with van der Waals surface area (Å²) in [4.78, 5) is 15.5. The van der Waals surface area contributed by atoms with Crippen molar-refractivity contribution in [3.8, 4) is 0 Å². The second kappa shape index (κ2) is 4.04. The average molecular weight is 219 g/mol. The lowest BCUT2D eigenvalue weighted by Crippen LogP contribution is -2.42. The molecular weight excluding hydrogens is 202 g/mol. The largest absolute Gasteiger partial charge is 0.373 e. The number of fused-ring (bicyclic) bond motifs is 1. The molecule has 2 rings (SSSR count). The topological polar surface area (TPSA) is 49.6 Å². The van der Waals surface area contributed by atoms with Crippen LogP contribution < -0.4 is 15.5 Å². The van der Waals surface area contributed by atoms with E-state index in [1.54, 1.807) is 0 Å². The molecule has 4 nitrogen and oxygen atoms in total. The number of benzene rings is 1. The highest BCUT2D eigenvalue weighted by molar-refractivity contribution is 5.86. The highest BCUT2D eigenvalue weighted by atomic mass is 16.1. The minimum Gasteiger partial charge on any atom is -0.373 e. The van der Waals surface area contributed by atoms with Gasteiger partial charge in [0.05, 0.1) is 11.4 Å². The molecule has 4 heteroatoms. The third-order valence-electron chi connectivity index (χ3n) is 3.21. The number of hydrogen-bond acceptors (Lipinski definition) is 3. The van der Waals surface area contributed by atoms with Crippen LogP contribution in [0.3, 0.4) is 0 Å². The number of amides is 1. The van der Waals surface area contributed by atoms with E-state index in [9.17, 15) is 4.79 Å². The summed E-state index contributed by atoms with van der Waals surface area (Å²) in [6.45, 7) is 0.842. The van der Waals surface area contributed by atoms with E-state index in [-0.39, 0.29) is 11.9 Å². The normalized spacial score (nSPS) is 20.2. The number of para-hydroxylation sites is 2. The van der Waals surface area contributed by atoms with Crippen LogP contribution in [0.5, 0.6) is 0 Å². The van der Waals surface area contributed by atoms with Crippen molar-refractivity contribution < 1.29 is 4.79 Å². The summed E-state index contributed by atoms with van der Waals surface area (Å²) in [6, 6.07) is 7.86. The Balaban J connectivity index is 2.44. The van der Waals surface area contributed by atoms with Crippen LogP contribution in [0.15, 0.2) is 24.3 Å². The summed E-state index contributed by atoms with van der Waals surface area (Å²) in [5, 5.41) is 0. The SMILES string of the molecule is CN1CCC(C(N)=O)N(C)c2ccccc21. The van der Waals surface area contributed by atoms with Gasteiger partial charge in [-0.15, -0.1) is 0 Å². The first kappa shape index (κ1) is 10.8. The van der Waals surface area contributed by atoms with Crippen molar-refractivity contribution in [2.75, 3.05) is 30.4 Å². The van der Waals surface area contributed by atoms with E-state index in [0.717, 1.165) is 24.3 Å². The molecule has 1 amide bonds. The van der Waals surface area contributed by atoms with Crippen LogP contribution in [-0.4, -0.2) is 32.6 Å². The Morgan fingerprint density at radius 1 is 1.31 bits per heavy atom. The van der Waals surface area contributed by atoms with Gasteiger partial charge in [0, 0.05) is 20.6 Å². The van der Waals surface area contributed by atoms with Gasteiger partial charge in [-0.1, -0.05) is 12.1 Å². The van der Waals surface area contributed by atoms with Crippen molar-refractivity contribution in [3.63, 3.8) is 0 Å². The highest BCUT2D eigenvalue weighted by Gasteiger charge is 2.26. The van der Waals surface area contributed by atoms with Gasteiger partial charge in [-0.3, -0.25) is 4.79 Å². The lowest BCUT2D eigenvalue weighted by molar-refractivity contribution is -0.119. The quantitative estimate of drug-likeness (QED) is 0.760. The number of rotatable bonds is 1. The fourth-order valence-corrected chi connectivity index (χ4v) is 2.22. The maximum atomic E-state index is 11.4. The van der Waals surface area contributed by atoms with Gasteiger partial charge in [-0.2, -0.15) is 0 Å². The molecule has 0 saturated heterocycles. The fraction of sp³-hybridized carbons (Fsp3) is 0.417. The van der Waals surface area contributed by atoms with Crippen LogP contribution in [0.1, 0.15) is 6.42 Å². The molecule has 0 bridgehead atoms. The predicted octanol–water partition coefficient (Wildman–Crippen LogP) is 0.817. The number of hydrogen-bond donors (Lipinski definition) is 1. The van der Waals surface area contributed by atoms with Gasteiger partial charge in [0.15, 0.2) is 0 Å². The molecule has 1 aromatic carbocycles. The minimum atomic E-state index is -0.257. The predicted molar refractivity (Wildman–Crippen MR) is 65.7 cm³/mol. The first-order valence-corrected chi connectivity index (χ1v) is 5.43. The minimum absolute atomic E-state index is 0.217. The molecule has 16 heavy (non-hydrogen) atoms. The molecule has 86 valence electrons. The molecule has 0 aromatic heterocycles. The third kappa shape index (κ3) is 1.71. The molecular formula is C12H17N3O. The van der Waals surface area contributed by atoms with E-state index < -0.39 is 0 Å². The second-order valence-corrected chi connectivity index (χ2v) is 4.23. The summed E-state index contributed by atoms with van der Waals surface area (Å²) in [7, 11) is 3.96. The smallest absolute Gasteiger partial charge is 0.240 e. The maximum absolute atomic E-state index is 11.4. The summed E-state index contributed by atoms with van der Waals surface area (Å²) in [6.07, 6.45) is 0.761. The molecule has 1 unspecified atom stereocenters. The number of carbonyl (C=O) groups excluding carboxylic acids is 1. The molecule has 0 aliphatic carbocycles. The van der Waals surface area contributed by atoms with Gasteiger partial charge in [0.25, 0.3) is 0 Å². The van der Waals surface area contributed by atoms with E-state index in [2.05, 4.69) is 11.0 Å². The van der Waals surface area contributed by atoms with Crippen LogP contribution in [0, 0.1) is 0 Å². The molecule has 1 atom stereocenters. The molecule has 2 N–H and O–H groups in total. The number of nitrogens with zero attached hydrogens (tertiary/aromatic N) is 2. The van der Waals surface area contributed by atoms with Crippen molar-refractivity contribution >= 4 is 17.3 Å². The number of likely N-dealkylation sites (N-methyl/N-ethyl adjacent to an activating group) is 1. The molecule has 0 radical (unpaired) electrons. The Kier molecular flexibility index (Phi) is 2.73. The zero-order chi connectivity index (χ0) is 11.7. The molecule has 1 heterocycles. The molecule has 1 aromatic rings. The zero-order valence-corrected chi connectivity index (χ0v) is 9.68.